The number of rotatable bonds is 2. The van der Waals surface area contributed by atoms with E-state index >= 15 is 0 Å². The van der Waals surface area contributed by atoms with E-state index in [9.17, 15) is 0 Å². The van der Waals surface area contributed by atoms with E-state index in [2.05, 4.69) is 5.10 Å². The molecule has 1 aromatic carbocycles. The molecule has 0 aliphatic rings. The number of anilines is 1. The van der Waals surface area contributed by atoms with Crippen LogP contribution in [-0.4, -0.2) is 20.3 Å². The fourth-order valence-corrected chi connectivity index (χ4v) is 0.945. The van der Waals surface area contributed by atoms with Crippen molar-refractivity contribution in [1.29, 1.82) is 0 Å². The number of hydrogen-bond acceptors (Lipinski definition) is 3. The first-order valence-electron chi connectivity index (χ1n) is 3.74. The van der Waals surface area contributed by atoms with E-state index < -0.39 is 0 Å². The van der Waals surface area contributed by atoms with Crippen LogP contribution in [0, 0.1) is 0 Å². The zero-order valence-electron chi connectivity index (χ0n) is 7.36. The Hall–Kier alpha value is -1.51. The van der Waals surface area contributed by atoms with Gasteiger partial charge in [0.25, 0.3) is 0 Å². The van der Waals surface area contributed by atoms with Crippen molar-refractivity contribution in [3.8, 4) is 0 Å². The van der Waals surface area contributed by atoms with Crippen LogP contribution < -0.4 is 10.7 Å². The van der Waals surface area contributed by atoms with Crippen molar-refractivity contribution in [3.05, 3.63) is 29.8 Å². The Kier molecular flexibility index (Phi) is 2.69. The largest absolute Gasteiger partial charge is 0.378 e. The van der Waals surface area contributed by atoms with Gasteiger partial charge in [-0.15, -0.1) is 0 Å². The van der Waals surface area contributed by atoms with Gasteiger partial charge in [-0.05, 0) is 17.7 Å². The van der Waals surface area contributed by atoms with E-state index in [4.69, 9.17) is 5.84 Å². The zero-order valence-corrected chi connectivity index (χ0v) is 7.36. The molecule has 0 atom stereocenters. The Morgan fingerprint density at radius 1 is 1.25 bits per heavy atom. The molecule has 1 aromatic rings. The van der Waals surface area contributed by atoms with Gasteiger partial charge in [0.2, 0.25) is 0 Å². The first-order valence-corrected chi connectivity index (χ1v) is 3.74. The molecule has 0 heterocycles. The number of nitrogens with two attached hydrogens (primary N) is 1. The van der Waals surface area contributed by atoms with E-state index in [-0.39, 0.29) is 0 Å². The highest BCUT2D eigenvalue weighted by Crippen LogP contribution is 2.10. The van der Waals surface area contributed by atoms with Gasteiger partial charge in [0.15, 0.2) is 0 Å². The molecule has 0 saturated heterocycles. The lowest BCUT2D eigenvalue weighted by Crippen LogP contribution is -2.08. The lowest BCUT2D eigenvalue weighted by molar-refractivity contribution is 1.13. The van der Waals surface area contributed by atoms with Crippen LogP contribution in [0.3, 0.4) is 0 Å². The molecule has 0 saturated carbocycles. The first-order chi connectivity index (χ1) is 5.74. The van der Waals surface area contributed by atoms with Crippen molar-refractivity contribution in [3.63, 3.8) is 0 Å². The average Bonchev–Trinajstić information content (AvgIpc) is 2.06. The van der Waals surface area contributed by atoms with Gasteiger partial charge in [-0.3, -0.25) is 0 Å². The summed E-state index contributed by atoms with van der Waals surface area (Å²) in [5.74, 6) is 5.02. The van der Waals surface area contributed by atoms with Gasteiger partial charge in [-0.1, -0.05) is 12.1 Å². The number of benzene rings is 1. The van der Waals surface area contributed by atoms with Gasteiger partial charge in [0.1, 0.15) is 0 Å². The predicted molar refractivity (Wildman–Crippen MR) is 52.6 cm³/mol. The van der Waals surface area contributed by atoms with Crippen molar-refractivity contribution in [2.75, 3.05) is 19.0 Å². The van der Waals surface area contributed by atoms with Gasteiger partial charge in [0, 0.05) is 19.8 Å². The van der Waals surface area contributed by atoms with Crippen molar-refractivity contribution >= 4 is 11.9 Å². The van der Waals surface area contributed by atoms with Crippen LogP contribution in [0.5, 0.6) is 0 Å². The second kappa shape index (κ2) is 3.76. The Bertz CT molecular complexity index is 262. The molecular weight excluding hydrogens is 150 g/mol. The molecule has 0 spiro atoms. The maximum atomic E-state index is 5.02. The molecule has 0 bridgehead atoms. The fourth-order valence-electron chi connectivity index (χ4n) is 0.945. The summed E-state index contributed by atoms with van der Waals surface area (Å²) in [6.45, 7) is 0. The fraction of sp³-hybridized carbons (Fsp3) is 0.222. The normalized spacial score (nSPS) is 10.5. The van der Waals surface area contributed by atoms with Crippen molar-refractivity contribution in [2.24, 2.45) is 10.9 Å². The van der Waals surface area contributed by atoms with E-state index in [1.807, 2.05) is 43.3 Å². The second-order valence-electron chi connectivity index (χ2n) is 2.76. The van der Waals surface area contributed by atoms with Crippen molar-refractivity contribution < 1.29 is 0 Å². The Balaban J connectivity index is 2.85. The van der Waals surface area contributed by atoms with Crippen molar-refractivity contribution in [1.82, 2.24) is 0 Å². The molecule has 0 unspecified atom stereocenters. The van der Waals surface area contributed by atoms with Gasteiger partial charge in [-0.25, -0.2) is 0 Å². The van der Waals surface area contributed by atoms with E-state index in [0.29, 0.717) is 0 Å². The predicted octanol–water partition coefficient (Wildman–Crippen LogP) is 1.05. The topological polar surface area (TPSA) is 41.6 Å². The SMILES string of the molecule is CN(C)c1ccc(/C=N/N)cc1. The molecule has 2 N–H and O–H groups in total. The van der Waals surface area contributed by atoms with E-state index in [1.54, 1.807) is 6.21 Å². The summed E-state index contributed by atoms with van der Waals surface area (Å²) in [6, 6.07) is 8.01. The Morgan fingerprint density at radius 2 is 1.83 bits per heavy atom. The second-order valence-corrected chi connectivity index (χ2v) is 2.76. The summed E-state index contributed by atoms with van der Waals surface area (Å²) in [5.41, 5.74) is 2.19. The molecule has 0 aromatic heterocycles. The van der Waals surface area contributed by atoms with Crippen LogP contribution in [0.15, 0.2) is 29.4 Å². The maximum absolute atomic E-state index is 5.02. The molecule has 64 valence electrons. The molecule has 0 radical (unpaired) electrons. The standard InChI is InChI=1S/C9H13N3/c1-12(2)9-5-3-8(4-6-9)7-11-10/h3-7H,10H2,1-2H3/b11-7+. The summed E-state index contributed by atoms with van der Waals surface area (Å²) in [5, 5.41) is 3.44. The Labute approximate surface area is 72.5 Å². The third-order valence-electron chi connectivity index (χ3n) is 1.63. The van der Waals surface area contributed by atoms with E-state index in [1.165, 1.54) is 5.69 Å². The van der Waals surface area contributed by atoms with Crippen LogP contribution in [0.2, 0.25) is 0 Å². The van der Waals surface area contributed by atoms with Crippen LogP contribution in [0.1, 0.15) is 5.56 Å². The highest BCUT2D eigenvalue weighted by Gasteiger charge is 1.92. The third kappa shape index (κ3) is 1.99. The van der Waals surface area contributed by atoms with Gasteiger partial charge < -0.3 is 10.7 Å². The molecule has 12 heavy (non-hydrogen) atoms. The van der Waals surface area contributed by atoms with Crippen LogP contribution in [0.25, 0.3) is 0 Å². The molecule has 0 aliphatic heterocycles. The van der Waals surface area contributed by atoms with Crippen LogP contribution in [0.4, 0.5) is 5.69 Å². The third-order valence-corrected chi connectivity index (χ3v) is 1.63. The number of hydrazone groups is 1. The minimum atomic E-state index is 1.02. The smallest absolute Gasteiger partial charge is 0.0538 e. The summed E-state index contributed by atoms with van der Waals surface area (Å²) in [4.78, 5) is 2.05. The molecule has 0 fully saturated rings. The number of hydrogen-bond donors (Lipinski definition) is 1. The molecule has 0 amide bonds. The first kappa shape index (κ1) is 8.59. The van der Waals surface area contributed by atoms with Gasteiger partial charge >= 0.3 is 0 Å². The van der Waals surface area contributed by atoms with Gasteiger partial charge in [0.05, 0.1) is 6.21 Å². The summed E-state index contributed by atoms with van der Waals surface area (Å²) in [7, 11) is 4.01. The van der Waals surface area contributed by atoms with E-state index in [0.717, 1.165) is 5.56 Å². The molecule has 3 heteroatoms. The lowest BCUT2D eigenvalue weighted by Gasteiger charge is -2.11. The highest BCUT2D eigenvalue weighted by molar-refractivity contribution is 5.80. The van der Waals surface area contributed by atoms with Crippen LogP contribution in [-0.2, 0) is 0 Å². The molecular formula is C9H13N3. The Morgan fingerprint density at radius 3 is 2.25 bits per heavy atom. The minimum Gasteiger partial charge on any atom is -0.378 e. The minimum absolute atomic E-state index is 1.02. The summed E-state index contributed by atoms with van der Waals surface area (Å²) >= 11 is 0. The molecule has 0 aliphatic carbocycles. The maximum Gasteiger partial charge on any atom is 0.0538 e. The molecule has 3 nitrogen and oxygen atoms in total. The zero-order chi connectivity index (χ0) is 8.97. The van der Waals surface area contributed by atoms with Crippen molar-refractivity contribution in [2.45, 2.75) is 0 Å². The van der Waals surface area contributed by atoms with Crippen LogP contribution >= 0.6 is 0 Å². The molecule has 1 rings (SSSR count). The number of nitrogens with zero attached hydrogens (tertiary/aromatic N) is 2. The average molecular weight is 163 g/mol. The summed E-state index contributed by atoms with van der Waals surface area (Å²) in [6.07, 6.45) is 1.62. The monoisotopic (exact) mass is 163 g/mol. The quantitative estimate of drug-likeness (QED) is 0.402. The highest BCUT2D eigenvalue weighted by atomic mass is 15.1. The summed E-state index contributed by atoms with van der Waals surface area (Å²) < 4.78 is 0. The lowest BCUT2D eigenvalue weighted by atomic mass is 10.2. The van der Waals surface area contributed by atoms with Gasteiger partial charge in [-0.2, -0.15) is 5.10 Å².